The number of rotatable bonds is 5. The van der Waals surface area contributed by atoms with Crippen LogP contribution in [0.5, 0.6) is 0 Å². The molecule has 2 aromatic carbocycles. The Hall–Kier alpha value is -2.88. The van der Waals surface area contributed by atoms with Crippen LogP contribution in [-0.4, -0.2) is 18.4 Å². The van der Waals surface area contributed by atoms with Gasteiger partial charge in [-0.3, -0.25) is 9.59 Å². The summed E-state index contributed by atoms with van der Waals surface area (Å²) < 4.78 is 11.0. The summed E-state index contributed by atoms with van der Waals surface area (Å²) in [5.74, 6) is -0.993. The SMILES string of the molecule is CCOC(=O)C(C)c1c(C(=O)c2ccccc2)oc2ccc(C)cc12. The van der Waals surface area contributed by atoms with Crippen LogP contribution in [0.3, 0.4) is 0 Å². The molecule has 0 saturated heterocycles. The Kier molecular flexibility index (Phi) is 4.70. The molecule has 128 valence electrons. The highest BCUT2D eigenvalue weighted by molar-refractivity contribution is 6.11. The number of hydrogen-bond acceptors (Lipinski definition) is 4. The quantitative estimate of drug-likeness (QED) is 0.503. The van der Waals surface area contributed by atoms with Crippen LogP contribution in [-0.2, 0) is 9.53 Å². The first-order valence-corrected chi connectivity index (χ1v) is 8.32. The number of hydrogen-bond donors (Lipinski definition) is 0. The van der Waals surface area contributed by atoms with Crippen LogP contribution in [0, 0.1) is 6.92 Å². The molecule has 0 saturated carbocycles. The number of aryl methyl sites for hydroxylation is 1. The molecule has 1 unspecified atom stereocenters. The molecule has 0 fully saturated rings. The zero-order valence-corrected chi connectivity index (χ0v) is 14.5. The molecule has 1 heterocycles. The first kappa shape index (κ1) is 17.0. The lowest BCUT2D eigenvalue weighted by Crippen LogP contribution is -2.15. The molecule has 3 rings (SSSR count). The summed E-state index contributed by atoms with van der Waals surface area (Å²) in [4.78, 5) is 25.3. The highest BCUT2D eigenvalue weighted by atomic mass is 16.5. The van der Waals surface area contributed by atoms with Crippen molar-refractivity contribution in [1.29, 1.82) is 0 Å². The fraction of sp³-hybridized carbons (Fsp3) is 0.238. The second-order valence-corrected chi connectivity index (χ2v) is 6.01. The summed E-state index contributed by atoms with van der Waals surface area (Å²) >= 11 is 0. The molecule has 0 aliphatic heterocycles. The molecule has 4 heteroatoms. The van der Waals surface area contributed by atoms with E-state index in [2.05, 4.69) is 0 Å². The van der Waals surface area contributed by atoms with Gasteiger partial charge in [-0.2, -0.15) is 0 Å². The minimum atomic E-state index is -0.592. The Bertz CT molecular complexity index is 922. The van der Waals surface area contributed by atoms with Crippen LogP contribution in [0.25, 0.3) is 11.0 Å². The molecule has 0 spiro atoms. The van der Waals surface area contributed by atoms with Crippen LogP contribution in [0.15, 0.2) is 52.9 Å². The van der Waals surface area contributed by atoms with E-state index in [0.29, 0.717) is 23.3 Å². The molecule has 0 bridgehead atoms. The molecular formula is C21H20O4. The fourth-order valence-corrected chi connectivity index (χ4v) is 2.93. The largest absolute Gasteiger partial charge is 0.466 e. The molecule has 0 aliphatic rings. The van der Waals surface area contributed by atoms with E-state index in [4.69, 9.17) is 9.15 Å². The van der Waals surface area contributed by atoms with Crippen molar-refractivity contribution in [3.05, 3.63) is 71.0 Å². The first-order chi connectivity index (χ1) is 12.0. The Morgan fingerprint density at radius 2 is 1.84 bits per heavy atom. The van der Waals surface area contributed by atoms with E-state index >= 15 is 0 Å². The van der Waals surface area contributed by atoms with Gasteiger partial charge in [0.1, 0.15) is 5.58 Å². The number of ether oxygens (including phenoxy) is 1. The van der Waals surface area contributed by atoms with E-state index in [1.54, 1.807) is 38.1 Å². The number of benzene rings is 2. The van der Waals surface area contributed by atoms with Gasteiger partial charge in [0, 0.05) is 16.5 Å². The topological polar surface area (TPSA) is 56.5 Å². The number of fused-ring (bicyclic) bond motifs is 1. The maximum atomic E-state index is 13.0. The van der Waals surface area contributed by atoms with Crippen molar-refractivity contribution in [1.82, 2.24) is 0 Å². The molecule has 1 aromatic heterocycles. The molecule has 25 heavy (non-hydrogen) atoms. The molecule has 4 nitrogen and oxygen atoms in total. The van der Waals surface area contributed by atoms with E-state index in [1.807, 2.05) is 31.2 Å². The monoisotopic (exact) mass is 336 g/mol. The number of carbonyl (C=O) groups is 2. The van der Waals surface area contributed by atoms with Crippen molar-refractivity contribution in [2.75, 3.05) is 6.61 Å². The average Bonchev–Trinajstić information content (AvgIpc) is 2.99. The van der Waals surface area contributed by atoms with E-state index in [9.17, 15) is 9.59 Å². The predicted molar refractivity (Wildman–Crippen MR) is 95.9 cm³/mol. The number of furan rings is 1. The highest BCUT2D eigenvalue weighted by Crippen LogP contribution is 2.34. The summed E-state index contributed by atoms with van der Waals surface area (Å²) in [5.41, 5.74) is 2.74. The third-order valence-corrected chi connectivity index (χ3v) is 4.20. The summed E-state index contributed by atoms with van der Waals surface area (Å²) in [6.45, 7) is 5.76. The van der Waals surface area contributed by atoms with Crippen LogP contribution in [0.2, 0.25) is 0 Å². The van der Waals surface area contributed by atoms with Crippen molar-refractivity contribution >= 4 is 22.7 Å². The van der Waals surface area contributed by atoms with Crippen molar-refractivity contribution < 1.29 is 18.7 Å². The molecule has 0 amide bonds. The first-order valence-electron chi connectivity index (χ1n) is 8.32. The van der Waals surface area contributed by atoms with E-state index in [0.717, 1.165) is 10.9 Å². The van der Waals surface area contributed by atoms with Crippen LogP contribution >= 0.6 is 0 Å². The number of esters is 1. The van der Waals surface area contributed by atoms with Gasteiger partial charge in [0.2, 0.25) is 5.78 Å². The molecule has 0 radical (unpaired) electrons. The maximum absolute atomic E-state index is 13.0. The number of ketones is 1. The Morgan fingerprint density at radius 3 is 2.52 bits per heavy atom. The zero-order valence-electron chi connectivity index (χ0n) is 14.5. The zero-order chi connectivity index (χ0) is 18.0. The lowest BCUT2D eigenvalue weighted by molar-refractivity contribution is -0.144. The third kappa shape index (κ3) is 3.20. The van der Waals surface area contributed by atoms with Crippen molar-refractivity contribution in [3.8, 4) is 0 Å². The molecule has 1 atom stereocenters. The van der Waals surface area contributed by atoms with Crippen molar-refractivity contribution in [2.45, 2.75) is 26.7 Å². The Morgan fingerprint density at radius 1 is 1.12 bits per heavy atom. The Balaban J connectivity index is 2.19. The van der Waals surface area contributed by atoms with Crippen LogP contribution < -0.4 is 0 Å². The van der Waals surface area contributed by atoms with E-state index in [1.165, 1.54) is 0 Å². The van der Waals surface area contributed by atoms with Crippen LogP contribution in [0.1, 0.15) is 47.0 Å². The van der Waals surface area contributed by atoms with Gasteiger partial charge >= 0.3 is 5.97 Å². The van der Waals surface area contributed by atoms with Gasteiger partial charge < -0.3 is 9.15 Å². The van der Waals surface area contributed by atoms with Gasteiger partial charge in [-0.1, -0.05) is 42.0 Å². The average molecular weight is 336 g/mol. The minimum Gasteiger partial charge on any atom is -0.466 e. The molecule has 3 aromatic rings. The van der Waals surface area contributed by atoms with Gasteiger partial charge in [-0.05, 0) is 32.9 Å². The second kappa shape index (κ2) is 6.93. The summed E-state index contributed by atoms with van der Waals surface area (Å²) in [6.07, 6.45) is 0. The normalized spacial score (nSPS) is 12.1. The third-order valence-electron chi connectivity index (χ3n) is 4.20. The van der Waals surface area contributed by atoms with Crippen LogP contribution in [0.4, 0.5) is 0 Å². The lowest BCUT2D eigenvalue weighted by Gasteiger charge is -2.11. The van der Waals surface area contributed by atoms with Gasteiger partial charge in [-0.15, -0.1) is 0 Å². The molecular weight excluding hydrogens is 316 g/mol. The second-order valence-electron chi connectivity index (χ2n) is 6.01. The summed E-state index contributed by atoms with van der Waals surface area (Å²) in [5, 5.41) is 0.778. The van der Waals surface area contributed by atoms with E-state index in [-0.39, 0.29) is 17.5 Å². The highest BCUT2D eigenvalue weighted by Gasteiger charge is 2.29. The Labute approximate surface area is 146 Å². The molecule has 0 N–H and O–H groups in total. The van der Waals surface area contributed by atoms with Gasteiger partial charge in [-0.25, -0.2) is 0 Å². The van der Waals surface area contributed by atoms with Gasteiger partial charge in [0.25, 0.3) is 0 Å². The van der Waals surface area contributed by atoms with Gasteiger partial charge in [0.05, 0.1) is 12.5 Å². The maximum Gasteiger partial charge on any atom is 0.313 e. The number of carbonyl (C=O) groups excluding carboxylic acids is 2. The van der Waals surface area contributed by atoms with Gasteiger partial charge in [0.15, 0.2) is 5.76 Å². The minimum absolute atomic E-state index is 0.201. The predicted octanol–water partition coefficient (Wildman–Crippen LogP) is 4.64. The lowest BCUT2D eigenvalue weighted by atomic mass is 9.94. The summed E-state index contributed by atoms with van der Waals surface area (Å²) in [7, 11) is 0. The smallest absolute Gasteiger partial charge is 0.313 e. The van der Waals surface area contributed by atoms with Crippen molar-refractivity contribution in [2.24, 2.45) is 0 Å². The fourth-order valence-electron chi connectivity index (χ4n) is 2.93. The van der Waals surface area contributed by atoms with Crippen molar-refractivity contribution in [3.63, 3.8) is 0 Å². The summed E-state index contributed by atoms with van der Waals surface area (Å²) in [6, 6.07) is 14.6. The molecule has 0 aliphatic carbocycles. The standard InChI is InChI=1S/C21H20O4/c1-4-24-21(23)14(3)18-16-12-13(2)10-11-17(16)25-20(18)19(22)15-8-6-5-7-9-15/h5-12,14H,4H2,1-3H3. The van der Waals surface area contributed by atoms with E-state index < -0.39 is 5.92 Å².